The molecule has 2 aromatic carbocycles. The maximum atomic E-state index is 5.58. The molecule has 1 atom stereocenters. The van der Waals surface area contributed by atoms with Crippen LogP contribution in [0.25, 0.3) is 0 Å². The zero-order chi connectivity index (χ0) is 16.2. The van der Waals surface area contributed by atoms with Crippen molar-refractivity contribution >= 4 is 23.0 Å². The van der Waals surface area contributed by atoms with Gasteiger partial charge in [0, 0.05) is 11.8 Å². The van der Waals surface area contributed by atoms with Crippen LogP contribution in [0.2, 0.25) is 0 Å². The van der Waals surface area contributed by atoms with Crippen LogP contribution in [-0.4, -0.2) is 18.3 Å². The quantitative estimate of drug-likeness (QED) is 0.839. The van der Waals surface area contributed by atoms with Gasteiger partial charge in [0.15, 0.2) is 16.6 Å². The van der Waals surface area contributed by atoms with Crippen LogP contribution >= 0.6 is 12.2 Å². The van der Waals surface area contributed by atoms with E-state index in [0.717, 1.165) is 17.2 Å². The van der Waals surface area contributed by atoms with Crippen molar-refractivity contribution in [1.82, 2.24) is 5.32 Å². The number of nitrogens with one attached hydrogen (secondary N) is 2. The summed E-state index contributed by atoms with van der Waals surface area (Å²) in [5.74, 6) is 1.52. The first-order valence-electron chi connectivity index (χ1n) is 7.66. The Hall–Kier alpha value is -2.27. The summed E-state index contributed by atoms with van der Waals surface area (Å²) in [5, 5.41) is 7.09. The van der Waals surface area contributed by atoms with E-state index < -0.39 is 0 Å². The van der Waals surface area contributed by atoms with Crippen molar-refractivity contribution in [2.24, 2.45) is 0 Å². The van der Waals surface area contributed by atoms with Crippen molar-refractivity contribution in [3.05, 3.63) is 53.6 Å². The molecule has 120 valence electrons. The van der Waals surface area contributed by atoms with E-state index in [9.17, 15) is 0 Å². The van der Waals surface area contributed by atoms with Gasteiger partial charge in [0.25, 0.3) is 0 Å². The molecule has 0 bridgehead atoms. The molecule has 0 unspecified atom stereocenters. The Bertz CT molecular complexity index is 718. The van der Waals surface area contributed by atoms with Crippen molar-refractivity contribution in [3.8, 4) is 11.5 Å². The highest BCUT2D eigenvalue weighted by Crippen LogP contribution is 2.32. The lowest BCUT2D eigenvalue weighted by Gasteiger charge is -2.21. The van der Waals surface area contributed by atoms with E-state index in [-0.39, 0.29) is 6.04 Å². The number of fused-ring (bicyclic) bond motifs is 1. The van der Waals surface area contributed by atoms with Gasteiger partial charge in [0.1, 0.15) is 13.2 Å². The maximum Gasteiger partial charge on any atom is 0.171 e. The van der Waals surface area contributed by atoms with Crippen molar-refractivity contribution in [2.45, 2.75) is 19.9 Å². The zero-order valence-corrected chi connectivity index (χ0v) is 14.1. The van der Waals surface area contributed by atoms with E-state index in [1.165, 1.54) is 11.1 Å². The van der Waals surface area contributed by atoms with Gasteiger partial charge in [-0.05, 0) is 49.3 Å². The van der Waals surface area contributed by atoms with Crippen LogP contribution in [0.15, 0.2) is 42.5 Å². The smallest absolute Gasteiger partial charge is 0.171 e. The minimum Gasteiger partial charge on any atom is -0.486 e. The summed E-state index contributed by atoms with van der Waals surface area (Å²) >= 11 is 5.42. The lowest BCUT2D eigenvalue weighted by molar-refractivity contribution is 0.171. The molecule has 0 saturated carbocycles. The van der Waals surface area contributed by atoms with E-state index in [1.54, 1.807) is 0 Å². The third-order valence-corrected chi connectivity index (χ3v) is 4.02. The number of thiocarbonyl (C=S) groups is 1. The predicted molar refractivity (Wildman–Crippen MR) is 96.4 cm³/mol. The third kappa shape index (κ3) is 3.74. The highest BCUT2D eigenvalue weighted by molar-refractivity contribution is 7.80. The molecule has 5 heteroatoms. The molecule has 0 aliphatic carbocycles. The molecule has 0 aromatic heterocycles. The Labute approximate surface area is 141 Å². The monoisotopic (exact) mass is 328 g/mol. The van der Waals surface area contributed by atoms with Gasteiger partial charge >= 0.3 is 0 Å². The molecule has 0 fully saturated rings. The molecule has 4 nitrogen and oxygen atoms in total. The fraction of sp³-hybridized carbons (Fsp3) is 0.278. The largest absolute Gasteiger partial charge is 0.486 e. The summed E-state index contributed by atoms with van der Waals surface area (Å²) in [6.45, 7) is 5.36. The Morgan fingerprint density at radius 3 is 2.61 bits per heavy atom. The Balaban J connectivity index is 1.64. The van der Waals surface area contributed by atoms with Crippen LogP contribution in [0.1, 0.15) is 24.1 Å². The lowest BCUT2D eigenvalue weighted by atomic mass is 10.0. The lowest BCUT2D eigenvalue weighted by Crippen LogP contribution is -2.31. The van der Waals surface area contributed by atoms with Gasteiger partial charge in [-0.25, -0.2) is 0 Å². The predicted octanol–water partition coefficient (Wildman–Crippen LogP) is 3.81. The van der Waals surface area contributed by atoms with E-state index >= 15 is 0 Å². The number of anilines is 1. The number of hydrogen-bond acceptors (Lipinski definition) is 3. The van der Waals surface area contributed by atoms with Crippen LogP contribution in [0.5, 0.6) is 11.5 Å². The van der Waals surface area contributed by atoms with Crippen LogP contribution in [0, 0.1) is 6.92 Å². The van der Waals surface area contributed by atoms with Gasteiger partial charge in [-0.3, -0.25) is 0 Å². The molecule has 0 amide bonds. The number of aryl methyl sites for hydroxylation is 1. The fourth-order valence-corrected chi connectivity index (χ4v) is 2.93. The van der Waals surface area contributed by atoms with Crippen molar-refractivity contribution in [2.75, 3.05) is 18.5 Å². The van der Waals surface area contributed by atoms with E-state index in [0.29, 0.717) is 18.3 Å². The van der Waals surface area contributed by atoms with Gasteiger partial charge in [0.05, 0.1) is 6.04 Å². The van der Waals surface area contributed by atoms with Gasteiger partial charge < -0.3 is 20.1 Å². The molecular weight excluding hydrogens is 308 g/mol. The Kier molecular flexibility index (Phi) is 4.67. The average Bonchev–Trinajstić information content (AvgIpc) is 2.55. The topological polar surface area (TPSA) is 42.5 Å². The first-order chi connectivity index (χ1) is 11.1. The summed E-state index contributed by atoms with van der Waals surface area (Å²) in [6, 6.07) is 14.2. The summed E-state index contributed by atoms with van der Waals surface area (Å²) < 4.78 is 11.1. The molecule has 1 aliphatic heterocycles. The second-order valence-electron chi connectivity index (χ2n) is 5.54. The summed E-state index contributed by atoms with van der Waals surface area (Å²) in [6.07, 6.45) is 0. The molecule has 23 heavy (non-hydrogen) atoms. The molecule has 2 aromatic rings. The second-order valence-corrected chi connectivity index (χ2v) is 5.94. The summed E-state index contributed by atoms with van der Waals surface area (Å²) in [4.78, 5) is 0. The SMILES string of the molecule is Cc1ccccc1[C@H](C)NC(=S)Nc1ccc2c(c1)OCCO2. The first kappa shape index (κ1) is 15.6. The number of benzene rings is 2. The van der Waals surface area contributed by atoms with Gasteiger partial charge in [-0.1, -0.05) is 24.3 Å². The van der Waals surface area contributed by atoms with E-state index in [4.69, 9.17) is 21.7 Å². The minimum absolute atomic E-state index is 0.133. The van der Waals surface area contributed by atoms with Crippen molar-refractivity contribution in [3.63, 3.8) is 0 Å². The third-order valence-electron chi connectivity index (χ3n) is 3.80. The Morgan fingerprint density at radius 2 is 1.83 bits per heavy atom. The molecule has 2 N–H and O–H groups in total. The van der Waals surface area contributed by atoms with Crippen LogP contribution in [0.3, 0.4) is 0 Å². The highest BCUT2D eigenvalue weighted by Gasteiger charge is 2.13. The fourth-order valence-electron chi connectivity index (χ4n) is 2.64. The van der Waals surface area contributed by atoms with Gasteiger partial charge in [-0.2, -0.15) is 0 Å². The molecule has 0 spiro atoms. The number of ether oxygens (including phenoxy) is 2. The second kappa shape index (κ2) is 6.87. The molecule has 0 saturated heterocycles. The van der Waals surface area contributed by atoms with Gasteiger partial charge in [0.2, 0.25) is 0 Å². The van der Waals surface area contributed by atoms with E-state index in [2.05, 4.69) is 36.6 Å². The minimum atomic E-state index is 0.133. The molecule has 3 rings (SSSR count). The summed E-state index contributed by atoms with van der Waals surface area (Å²) in [7, 11) is 0. The zero-order valence-electron chi connectivity index (χ0n) is 13.3. The first-order valence-corrected chi connectivity index (χ1v) is 8.07. The van der Waals surface area contributed by atoms with Crippen LogP contribution in [-0.2, 0) is 0 Å². The van der Waals surface area contributed by atoms with Gasteiger partial charge in [-0.15, -0.1) is 0 Å². The van der Waals surface area contributed by atoms with Crippen LogP contribution in [0.4, 0.5) is 5.69 Å². The Morgan fingerprint density at radius 1 is 1.09 bits per heavy atom. The molecule has 1 aliphatic rings. The molecule has 0 radical (unpaired) electrons. The molecule has 1 heterocycles. The maximum absolute atomic E-state index is 5.58. The number of rotatable bonds is 3. The van der Waals surface area contributed by atoms with E-state index in [1.807, 2.05) is 30.3 Å². The molecular formula is C18H20N2O2S. The van der Waals surface area contributed by atoms with Crippen molar-refractivity contribution in [1.29, 1.82) is 0 Å². The number of hydrogen-bond donors (Lipinski definition) is 2. The summed E-state index contributed by atoms with van der Waals surface area (Å²) in [5.41, 5.74) is 3.36. The standard InChI is InChI=1S/C18H20N2O2S/c1-12-5-3-4-6-15(12)13(2)19-18(23)20-14-7-8-16-17(11-14)22-10-9-21-16/h3-8,11,13H,9-10H2,1-2H3,(H2,19,20,23)/t13-/m0/s1. The average molecular weight is 328 g/mol. The van der Waals surface area contributed by atoms with Crippen LogP contribution < -0.4 is 20.1 Å². The normalized spacial score (nSPS) is 14.0. The van der Waals surface area contributed by atoms with Crippen molar-refractivity contribution < 1.29 is 9.47 Å². The highest BCUT2D eigenvalue weighted by atomic mass is 32.1.